The normalized spacial score (nSPS) is 16.0. The minimum atomic E-state index is -1.71. The van der Waals surface area contributed by atoms with Crippen LogP contribution in [0.15, 0.2) is 122 Å². The first-order valence-electron chi connectivity index (χ1n) is 39.3. The Bertz CT molecular complexity index is 4680. The maximum atomic E-state index is 15.5. The molecule has 2 aliphatic heterocycles. The Kier molecular flexibility index (Phi) is 34.9. The Labute approximate surface area is 685 Å². The number of nitrogens with one attached hydrogen (secondary N) is 13. The smallest absolute Gasteiger partial charge is 0.300 e. The summed E-state index contributed by atoms with van der Waals surface area (Å²) in [5.41, 5.74) is 39.1. The minimum Gasteiger partial charge on any atom is -0.481 e. The van der Waals surface area contributed by atoms with E-state index in [0.29, 0.717) is 88.5 Å². The predicted octanol–water partition coefficient (Wildman–Crippen LogP) is -0.159. The first-order valence-corrected chi connectivity index (χ1v) is 40.7. The molecule has 37 heteroatoms. The number of carboxylic acids is 1. The zero-order valence-corrected chi connectivity index (χ0v) is 66.9. The molecule has 36 nitrogen and oxygen atoms in total. The average Bonchev–Trinajstić information content (AvgIpc) is 1.76. The topological polar surface area (TPSA) is 601 Å². The van der Waals surface area contributed by atoms with Crippen LogP contribution in [0, 0.1) is 5.41 Å². The number of fused-ring (bicyclic) bond motifs is 3. The molecule has 2 fully saturated rings. The van der Waals surface area contributed by atoms with Crippen LogP contribution in [0.4, 0.5) is 0 Å². The van der Waals surface area contributed by atoms with E-state index in [1.165, 1.54) is 21.6 Å². The van der Waals surface area contributed by atoms with Crippen molar-refractivity contribution in [3.63, 3.8) is 0 Å². The van der Waals surface area contributed by atoms with Crippen molar-refractivity contribution in [2.24, 2.45) is 34.4 Å². The minimum absolute atomic E-state index is 0.0554. The molecule has 0 bridgehead atoms. The van der Waals surface area contributed by atoms with Crippen LogP contribution in [0.25, 0.3) is 32.7 Å². The second kappa shape index (κ2) is 45.2. The van der Waals surface area contributed by atoms with Crippen LogP contribution in [0.3, 0.4) is 0 Å². The third-order valence-electron chi connectivity index (χ3n) is 20.6. The van der Waals surface area contributed by atoms with E-state index < -0.39 is 175 Å². The molecule has 7 aromatic rings. The number of aromatic amines is 3. The van der Waals surface area contributed by atoms with Crippen LogP contribution in [0.5, 0.6) is 0 Å². The van der Waals surface area contributed by atoms with Crippen molar-refractivity contribution in [2.45, 2.75) is 189 Å². The summed E-state index contributed by atoms with van der Waals surface area (Å²) < 4.78 is 0. The first-order chi connectivity index (χ1) is 56.5. The number of nitrogens with zero attached hydrogens (tertiary/aromatic N) is 2. The fourth-order valence-electron chi connectivity index (χ4n) is 14.5. The molecule has 11 atom stereocenters. The number of benzene rings is 4. The highest BCUT2D eigenvalue weighted by molar-refractivity contribution is 7.98. The van der Waals surface area contributed by atoms with Crippen LogP contribution >= 0.6 is 11.8 Å². The summed E-state index contributed by atoms with van der Waals surface area (Å²) in [6, 6.07) is 15.6. The van der Waals surface area contributed by atoms with Crippen molar-refractivity contribution >= 4 is 133 Å². The summed E-state index contributed by atoms with van der Waals surface area (Å²) in [7, 11) is 0. The number of hydrogen-bond acceptors (Lipinski definition) is 18. The number of primary amides is 3. The molecule has 2 aliphatic rings. The highest BCUT2D eigenvalue weighted by Crippen LogP contribution is 2.27. The van der Waals surface area contributed by atoms with Gasteiger partial charge in [-0.25, -0.2) is 0 Å². The lowest BCUT2D eigenvalue weighted by molar-refractivity contribution is -0.144. The molecule has 634 valence electrons. The Morgan fingerprint density at radius 1 is 0.475 bits per heavy atom. The zero-order valence-electron chi connectivity index (χ0n) is 66.1. The largest absolute Gasteiger partial charge is 0.481 e. The monoisotopic (exact) mass is 1650 g/mol. The highest BCUT2D eigenvalue weighted by atomic mass is 32.2. The number of carbonyl (C=O) groups is 14. The SMILES string of the molecule is CC(=O)O.CSCC[C@H](NC(=O)[C@@H](Cc1c[nH]c2ccccc12)NC(=O)[C@@H](Cc1c[nH]c2ccccc12)NC(=O)[C@H](Cc1ccccc1)NC(=O)[C@@H](Cc1c[nH]c2ccccc12)NC(=O)[C@H](CCC(N)=O)NC(=O)[C@H](CCC(N)=O)NC(=O)[C@@H]1CCCN1C(=O)[C@H](CCCCN)NC(=O)[C@@H]1CCCN1C(=O)[C@@H](N)CCCNC(=N)N)C(N)=O. The van der Waals surface area contributed by atoms with Gasteiger partial charge in [-0.3, -0.25) is 72.5 Å². The van der Waals surface area contributed by atoms with Crippen LogP contribution in [-0.2, 0) is 92.8 Å². The lowest BCUT2D eigenvalue weighted by atomic mass is 9.99. The van der Waals surface area contributed by atoms with Crippen molar-refractivity contribution in [3.8, 4) is 0 Å². The number of nitrogens with two attached hydrogens (primary N) is 6. The summed E-state index contributed by atoms with van der Waals surface area (Å²) in [5, 5.41) is 41.8. The van der Waals surface area contributed by atoms with Gasteiger partial charge in [0.25, 0.3) is 5.97 Å². The molecule has 26 N–H and O–H groups in total. The number of amides is 13. The number of carbonyl (C=O) groups excluding carboxylic acids is 13. The Hall–Kier alpha value is -12.4. The average molecular weight is 1650 g/mol. The predicted molar refractivity (Wildman–Crippen MR) is 443 cm³/mol. The maximum absolute atomic E-state index is 15.5. The molecule has 2 saturated heterocycles. The molecule has 4 aromatic carbocycles. The lowest BCUT2D eigenvalue weighted by Gasteiger charge is -2.32. The van der Waals surface area contributed by atoms with E-state index in [2.05, 4.69) is 62.8 Å². The number of rotatable bonds is 44. The number of carboxylic acid groups (broad SMARTS) is 1. The number of aliphatic carboxylic acids is 1. The molecule has 5 heterocycles. The molecular weight excluding hydrogens is 1540 g/mol. The van der Waals surface area contributed by atoms with Gasteiger partial charge in [0.15, 0.2) is 5.96 Å². The zero-order chi connectivity index (χ0) is 85.5. The molecule has 0 aliphatic carbocycles. The van der Waals surface area contributed by atoms with E-state index in [4.69, 9.17) is 49.7 Å². The fourth-order valence-corrected chi connectivity index (χ4v) is 15.0. The van der Waals surface area contributed by atoms with E-state index in [0.717, 1.165) is 17.8 Å². The van der Waals surface area contributed by atoms with Crippen molar-refractivity contribution in [1.82, 2.24) is 72.6 Å². The Morgan fingerprint density at radius 3 is 1.27 bits per heavy atom. The van der Waals surface area contributed by atoms with Crippen LogP contribution in [-0.4, -0.2) is 223 Å². The van der Waals surface area contributed by atoms with Gasteiger partial charge in [0.1, 0.15) is 60.4 Å². The number of hydrogen-bond donors (Lipinski definition) is 20. The standard InChI is InChI=1S/C79H105N21O13S.C2H4O2/c1-114-37-32-56(68(84)103)91-72(107)61(39-46-42-88-53-22-8-5-18-49(46)53)98-74(109)63(41-48-44-90-55-24-10-7-20-51(48)55)97-71(106)60(38-45-16-3-2-4-17-45)95-73(108)62(40-47-43-89-54-23-9-6-19-50(47)54)96-70(105)57(28-30-66(82)101)92-69(104)58(29-31-67(83)102)93-75(110)65-27-15-36-100(65)78(113)59(25-11-12-33-80)94-76(111)64-26-14-35-99(64)77(112)52(81)21-13-34-87-79(85)86;1-2(3)4/h2-10,16-20,22-24,42-44,52,56-65,88-90H,11-15,21,25-41,80-81H2,1H3,(H2,82,101)(H2,83,102)(H2,84,103)(H,91,107)(H,92,104)(H,93,110)(H,94,111)(H,95,108)(H,96,105)(H,97,106)(H,98,109)(H4,85,86,87);1H3,(H,3,4)/t52-,56-,57-,58-,59-,60-,61+,62+,63+,64-,65-;/m0./s1. The Balaban J connectivity index is 0.00000424. The molecule has 118 heavy (non-hydrogen) atoms. The molecular formula is C81H109N21O15S. The van der Waals surface area contributed by atoms with E-state index in [1.807, 2.05) is 48.7 Å². The van der Waals surface area contributed by atoms with E-state index in [9.17, 15) is 43.2 Å². The van der Waals surface area contributed by atoms with E-state index >= 15 is 19.2 Å². The number of H-pyrrole nitrogens is 3. The molecule has 13 amide bonds. The highest BCUT2D eigenvalue weighted by Gasteiger charge is 2.43. The molecule has 9 rings (SSSR count). The summed E-state index contributed by atoms with van der Waals surface area (Å²) in [6.45, 7) is 1.96. The quantitative estimate of drug-likeness (QED) is 0.0134. The molecule has 0 saturated carbocycles. The van der Waals surface area contributed by atoms with Crippen molar-refractivity contribution in [1.29, 1.82) is 5.41 Å². The number of para-hydroxylation sites is 3. The Morgan fingerprint density at radius 2 is 0.856 bits per heavy atom. The first kappa shape index (κ1) is 91.1. The molecule has 0 radical (unpaired) electrons. The van der Waals surface area contributed by atoms with Gasteiger partial charge >= 0.3 is 0 Å². The van der Waals surface area contributed by atoms with Gasteiger partial charge in [-0.05, 0) is 136 Å². The number of guanidine groups is 1. The number of aromatic nitrogens is 3. The second-order valence-electron chi connectivity index (χ2n) is 29.3. The van der Waals surface area contributed by atoms with Crippen LogP contribution < -0.4 is 82.3 Å². The second-order valence-corrected chi connectivity index (χ2v) is 30.3. The van der Waals surface area contributed by atoms with Crippen molar-refractivity contribution in [2.75, 3.05) is 38.2 Å². The van der Waals surface area contributed by atoms with Gasteiger partial charge in [0, 0.05) is 116 Å². The van der Waals surface area contributed by atoms with E-state index in [1.54, 1.807) is 79.3 Å². The summed E-state index contributed by atoms with van der Waals surface area (Å²) in [4.78, 5) is 208. The van der Waals surface area contributed by atoms with Gasteiger partial charge < -0.3 is 112 Å². The maximum Gasteiger partial charge on any atom is 0.300 e. The number of likely N-dealkylation sites (tertiary alicyclic amines) is 2. The number of thioether (sulfide) groups is 1. The summed E-state index contributed by atoms with van der Waals surface area (Å²) >= 11 is 1.44. The van der Waals surface area contributed by atoms with Gasteiger partial charge in [0.2, 0.25) is 76.8 Å². The molecule has 0 unspecified atom stereocenters. The third kappa shape index (κ3) is 26.8. The van der Waals surface area contributed by atoms with Crippen LogP contribution in [0.2, 0.25) is 0 Å². The molecule has 3 aromatic heterocycles. The van der Waals surface area contributed by atoms with Crippen molar-refractivity contribution in [3.05, 3.63) is 144 Å². The van der Waals surface area contributed by atoms with Crippen molar-refractivity contribution < 1.29 is 72.2 Å². The van der Waals surface area contributed by atoms with Gasteiger partial charge in [-0.1, -0.05) is 84.9 Å². The molecule has 0 spiro atoms. The van der Waals surface area contributed by atoms with Gasteiger partial charge in [0.05, 0.1) is 6.04 Å². The van der Waals surface area contributed by atoms with Gasteiger partial charge in [-0.2, -0.15) is 11.8 Å². The summed E-state index contributed by atoms with van der Waals surface area (Å²) in [6.07, 6.45) is 7.30. The lowest BCUT2D eigenvalue weighted by Crippen LogP contribution is -2.61. The third-order valence-corrected chi connectivity index (χ3v) is 21.2. The van der Waals surface area contributed by atoms with Gasteiger partial charge in [-0.15, -0.1) is 0 Å². The fraction of sp³-hybridized carbons (Fsp3) is 0.444. The van der Waals surface area contributed by atoms with E-state index in [-0.39, 0.29) is 83.4 Å². The number of unbranched alkanes of at least 4 members (excludes halogenated alkanes) is 1. The summed E-state index contributed by atoms with van der Waals surface area (Å²) in [5.74, 6) is -11.1. The van der Waals surface area contributed by atoms with Crippen LogP contribution in [0.1, 0.15) is 119 Å².